The Morgan fingerprint density at radius 1 is 1.19 bits per heavy atom. The van der Waals surface area contributed by atoms with Crippen molar-refractivity contribution in [3.63, 3.8) is 0 Å². The summed E-state index contributed by atoms with van der Waals surface area (Å²) in [7, 11) is 0. The predicted molar refractivity (Wildman–Crippen MR) is 99.6 cm³/mol. The highest BCUT2D eigenvalue weighted by molar-refractivity contribution is 5.86. The third-order valence-electron chi connectivity index (χ3n) is 5.46. The number of carbonyl (C=O) groups is 2. The van der Waals surface area contributed by atoms with Crippen LogP contribution in [0.3, 0.4) is 0 Å². The summed E-state index contributed by atoms with van der Waals surface area (Å²) in [5.74, 6) is -0.0141. The molecule has 1 unspecified atom stereocenters. The van der Waals surface area contributed by atoms with E-state index in [1.807, 2.05) is 9.80 Å². The van der Waals surface area contributed by atoms with E-state index in [9.17, 15) is 14.7 Å². The molecule has 0 saturated carbocycles. The van der Waals surface area contributed by atoms with Crippen LogP contribution in [0, 0.1) is 13.8 Å². The lowest BCUT2D eigenvalue weighted by Gasteiger charge is -2.36. The van der Waals surface area contributed by atoms with Crippen LogP contribution in [0.4, 0.5) is 0 Å². The topological polar surface area (TPSA) is 64.1 Å². The number of piperazine rings is 1. The fraction of sp³-hybridized carbons (Fsp3) is 0.600. The zero-order valence-corrected chi connectivity index (χ0v) is 15.8. The molecule has 3 rings (SSSR count). The van der Waals surface area contributed by atoms with Crippen LogP contribution in [0.1, 0.15) is 29.5 Å². The number of amides is 2. The fourth-order valence-corrected chi connectivity index (χ4v) is 3.68. The Kier molecular flexibility index (Phi) is 5.94. The minimum absolute atomic E-state index is 0.00140. The molecule has 2 aliphatic rings. The second-order valence-corrected chi connectivity index (χ2v) is 7.58. The van der Waals surface area contributed by atoms with E-state index in [0.717, 1.165) is 24.9 Å². The molecule has 0 aliphatic carbocycles. The number of nitrogens with zero attached hydrogens (tertiary/aromatic N) is 3. The number of hydrogen-bond acceptors (Lipinski definition) is 4. The molecule has 2 aliphatic heterocycles. The van der Waals surface area contributed by atoms with Gasteiger partial charge in [0.25, 0.3) is 0 Å². The molecule has 0 aromatic heterocycles. The van der Waals surface area contributed by atoms with Crippen LogP contribution in [0.5, 0.6) is 0 Å². The van der Waals surface area contributed by atoms with E-state index in [2.05, 4.69) is 32.0 Å². The second kappa shape index (κ2) is 8.18. The number of hydrogen-bond donors (Lipinski definition) is 1. The number of carbonyl (C=O) groups excluding carboxylic acids is 2. The summed E-state index contributed by atoms with van der Waals surface area (Å²) in [5, 5.41) is 9.73. The summed E-state index contributed by atoms with van der Waals surface area (Å²) < 4.78 is 0. The van der Waals surface area contributed by atoms with Gasteiger partial charge in [-0.1, -0.05) is 18.2 Å². The molecule has 2 amide bonds. The van der Waals surface area contributed by atoms with Crippen LogP contribution in [-0.4, -0.2) is 77.0 Å². The molecule has 0 spiro atoms. The molecule has 0 radical (unpaired) electrons. The van der Waals surface area contributed by atoms with Crippen LogP contribution >= 0.6 is 0 Å². The van der Waals surface area contributed by atoms with Crippen molar-refractivity contribution in [1.82, 2.24) is 14.7 Å². The van der Waals surface area contributed by atoms with Crippen molar-refractivity contribution in [1.29, 1.82) is 0 Å². The number of aliphatic hydroxyl groups is 1. The maximum atomic E-state index is 12.5. The average Bonchev–Trinajstić information content (AvgIpc) is 2.60. The van der Waals surface area contributed by atoms with Crippen LogP contribution < -0.4 is 0 Å². The SMILES string of the molecule is Cc1ccc(CN2CCN(C(=O)CN3CCCC(O)C3)CC2=O)cc1C. The second-order valence-electron chi connectivity index (χ2n) is 7.58. The highest BCUT2D eigenvalue weighted by atomic mass is 16.3. The van der Waals surface area contributed by atoms with Crippen molar-refractivity contribution in [3.05, 3.63) is 34.9 Å². The number of likely N-dealkylation sites (tertiary alicyclic amines) is 1. The van der Waals surface area contributed by atoms with E-state index in [1.165, 1.54) is 11.1 Å². The Labute approximate surface area is 155 Å². The molecule has 142 valence electrons. The molecule has 1 aromatic rings. The minimum atomic E-state index is -0.340. The first-order valence-electron chi connectivity index (χ1n) is 9.44. The lowest BCUT2D eigenvalue weighted by molar-refractivity contribution is -0.146. The Bertz CT molecular complexity index is 676. The standard InChI is InChI=1S/C20H29N3O3/c1-15-5-6-17(10-16(15)2)11-22-8-9-23(14-20(22)26)19(25)13-21-7-3-4-18(24)12-21/h5-6,10,18,24H,3-4,7-9,11-14H2,1-2H3. The van der Waals surface area contributed by atoms with Gasteiger partial charge in [0.05, 0.1) is 19.2 Å². The number of piperidine rings is 1. The van der Waals surface area contributed by atoms with Crippen LogP contribution in [0.2, 0.25) is 0 Å². The van der Waals surface area contributed by atoms with Gasteiger partial charge in [-0.15, -0.1) is 0 Å². The third kappa shape index (κ3) is 4.62. The van der Waals surface area contributed by atoms with Gasteiger partial charge in [0.15, 0.2) is 0 Å². The fourth-order valence-electron chi connectivity index (χ4n) is 3.68. The predicted octanol–water partition coefficient (Wildman–Crippen LogP) is 0.931. The average molecular weight is 359 g/mol. The lowest BCUT2D eigenvalue weighted by atomic mass is 10.1. The molecule has 2 heterocycles. The quantitative estimate of drug-likeness (QED) is 0.869. The highest BCUT2D eigenvalue weighted by Crippen LogP contribution is 2.15. The summed E-state index contributed by atoms with van der Waals surface area (Å²) in [6, 6.07) is 6.28. The number of benzene rings is 1. The lowest BCUT2D eigenvalue weighted by Crippen LogP contribution is -2.54. The molecule has 26 heavy (non-hydrogen) atoms. The first-order chi connectivity index (χ1) is 12.4. The van der Waals surface area contributed by atoms with Gasteiger partial charge in [-0.25, -0.2) is 0 Å². The highest BCUT2D eigenvalue weighted by Gasteiger charge is 2.29. The van der Waals surface area contributed by atoms with Gasteiger partial charge in [-0.3, -0.25) is 14.5 Å². The van der Waals surface area contributed by atoms with Crippen molar-refractivity contribution in [3.8, 4) is 0 Å². The van der Waals surface area contributed by atoms with E-state index in [-0.39, 0.29) is 24.5 Å². The van der Waals surface area contributed by atoms with Crippen molar-refractivity contribution in [2.45, 2.75) is 39.3 Å². The Morgan fingerprint density at radius 2 is 2.00 bits per heavy atom. The third-order valence-corrected chi connectivity index (χ3v) is 5.46. The molecule has 6 heteroatoms. The number of β-amino-alcohol motifs (C(OH)–C–C–N with tert-alkyl or cyclic N) is 1. The molecule has 1 N–H and O–H groups in total. The first-order valence-corrected chi connectivity index (χ1v) is 9.44. The number of aryl methyl sites for hydroxylation is 2. The molecule has 2 fully saturated rings. The molecule has 0 bridgehead atoms. The van der Waals surface area contributed by atoms with Crippen molar-refractivity contribution < 1.29 is 14.7 Å². The summed E-state index contributed by atoms with van der Waals surface area (Å²) in [6.07, 6.45) is 1.38. The summed E-state index contributed by atoms with van der Waals surface area (Å²) in [5.41, 5.74) is 3.61. The van der Waals surface area contributed by atoms with Gasteiger partial charge in [0, 0.05) is 26.2 Å². The smallest absolute Gasteiger partial charge is 0.242 e. The van der Waals surface area contributed by atoms with E-state index in [1.54, 1.807) is 4.90 Å². The molecular formula is C20H29N3O3. The number of aliphatic hydroxyl groups excluding tert-OH is 1. The Balaban J connectivity index is 1.52. The molecule has 6 nitrogen and oxygen atoms in total. The summed E-state index contributed by atoms with van der Waals surface area (Å²) in [6.45, 7) is 7.73. The van der Waals surface area contributed by atoms with E-state index < -0.39 is 0 Å². The maximum absolute atomic E-state index is 12.5. The van der Waals surface area contributed by atoms with Crippen molar-refractivity contribution >= 4 is 11.8 Å². The summed E-state index contributed by atoms with van der Waals surface area (Å²) >= 11 is 0. The van der Waals surface area contributed by atoms with Gasteiger partial charge in [0.2, 0.25) is 11.8 Å². The zero-order chi connectivity index (χ0) is 18.7. The van der Waals surface area contributed by atoms with E-state index >= 15 is 0 Å². The maximum Gasteiger partial charge on any atom is 0.242 e. The first kappa shape index (κ1) is 18.9. The van der Waals surface area contributed by atoms with Crippen molar-refractivity contribution in [2.75, 3.05) is 39.3 Å². The van der Waals surface area contributed by atoms with E-state index in [0.29, 0.717) is 32.7 Å². The van der Waals surface area contributed by atoms with Gasteiger partial charge in [0.1, 0.15) is 0 Å². The van der Waals surface area contributed by atoms with Crippen LogP contribution in [0.25, 0.3) is 0 Å². The number of rotatable bonds is 4. The van der Waals surface area contributed by atoms with Gasteiger partial charge < -0.3 is 14.9 Å². The molecule has 1 atom stereocenters. The van der Waals surface area contributed by atoms with Crippen LogP contribution in [0.15, 0.2) is 18.2 Å². The molecule has 1 aromatic carbocycles. The summed E-state index contributed by atoms with van der Waals surface area (Å²) in [4.78, 5) is 30.5. The zero-order valence-electron chi connectivity index (χ0n) is 15.8. The Morgan fingerprint density at radius 3 is 2.69 bits per heavy atom. The van der Waals surface area contributed by atoms with Crippen molar-refractivity contribution in [2.24, 2.45) is 0 Å². The largest absolute Gasteiger partial charge is 0.392 e. The van der Waals surface area contributed by atoms with E-state index in [4.69, 9.17) is 0 Å². The normalized spacial score (nSPS) is 22.0. The Hall–Kier alpha value is -1.92. The minimum Gasteiger partial charge on any atom is -0.392 e. The monoisotopic (exact) mass is 359 g/mol. The molecule has 2 saturated heterocycles. The van der Waals surface area contributed by atoms with Crippen LogP contribution in [-0.2, 0) is 16.1 Å². The van der Waals surface area contributed by atoms with Gasteiger partial charge in [-0.05, 0) is 49.9 Å². The van der Waals surface area contributed by atoms with Gasteiger partial charge >= 0.3 is 0 Å². The molecular weight excluding hydrogens is 330 g/mol. The van der Waals surface area contributed by atoms with Gasteiger partial charge in [-0.2, -0.15) is 0 Å².